The molecule has 0 aliphatic heterocycles. The van der Waals surface area contributed by atoms with Crippen LogP contribution in [0.25, 0.3) is 0 Å². The summed E-state index contributed by atoms with van der Waals surface area (Å²) in [7, 11) is 0. The molecule has 0 aliphatic carbocycles. The average Bonchev–Trinajstić information content (AvgIpc) is 2.67. The number of guanidine groups is 1. The van der Waals surface area contributed by atoms with Gasteiger partial charge in [0.15, 0.2) is 5.96 Å². The van der Waals surface area contributed by atoms with Gasteiger partial charge >= 0.3 is 0 Å². The van der Waals surface area contributed by atoms with Gasteiger partial charge in [-0.2, -0.15) is 0 Å². The van der Waals surface area contributed by atoms with Crippen molar-refractivity contribution in [3.63, 3.8) is 0 Å². The van der Waals surface area contributed by atoms with Crippen molar-refractivity contribution in [3.8, 4) is 0 Å². The smallest absolute Gasteiger partial charge is 0.253 e. The van der Waals surface area contributed by atoms with Gasteiger partial charge in [0.05, 0.1) is 6.54 Å². The molecule has 6 heteroatoms. The summed E-state index contributed by atoms with van der Waals surface area (Å²) in [6.07, 6.45) is 7.60. The quantitative estimate of drug-likeness (QED) is 0.196. The van der Waals surface area contributed by atoms with E-state index in [1.807, 2.05) is 43.0 Å². The van der Waals surface area contributed by atoms with Gasteiger partial charge in [-0.3, -0.25) is 4.79 Å². The maximum absolute atomic E-state index is 12.3. The fraction of sp³-hybridized carbons (Fsp3) is 0.619. The Morgan fingerprint density at radius 2 is 1.59 bits per heavy atom. The number of benzene rings is 1. The van der Waals surface area contributed by atoms with E-state index < -0.39 is 0 Å². The largest absolute Gasteiger partial charge is 0.370 e. The topological polar surface area (TPSA) is 70.7 Å². The lowest BCUT2D eigenvalue weighted by molar-refractivity contribution is 0.0773. The van der Waals surface area contributed by atoms with E-state index in [-0.39, 0.29) is 29.9 Å². The van der Waals surface area contributed by atoms with Crippen molar-refractivity contribution in [3.05, 3.63) is 35.4 Å². The maximum atomic E-state index is 12.3. The number of carbonyl (C=O) groups is 1. The molecule has 0 fully saturated rings. The molecule has 0 saturated heterocycles. The monoisotopic (exact) mass is 488 g/mol. The number of unbranched alkanes of at least 4 members (excludes halogenated alkanes) is 5. The van der Waals surface area contributed by atoms with Gasteiger partial charge < -0.3 is 16.0 Å². The van der Waals surface area contributed by atoms with Crippen molar-refractivity contribution in [2.75, 3.05) is 19.6 Å². The van der Waals surface area contributed by atoms with Gasteiger partial charge in [0.2, 0.25) is 0 Å². The molecule has 0 saturated carbocycles. The fourth-order valence-electron chi connectivity index (χ4n) is 2.80. The van der Waals surface area contributed by atoms with Crippen LogP contribution in [0, 0.1) is 0 Å². The lowest BCUT2D eigenvalue weighted by Gasteiger charge is -2.18. The molecule has 1 amide bonds. The molecule has 0 bridgehead atoms. The first-order chi connectivity index (χ1) is 12.6. The lowest BCUT2D eigenvalue weighted by atomic mass is 10.1. The van der Waals surface area contributed by atoms with Crippen molar-refractivity contribution in [2.45, 2.75) is 65.8 Å². The Morgan fingerprint density at radius 1 is 1.00 bits per heavy atom. The Hall–Kier alpha value is -1.31. The van der Waals surface area contributed by atoms with Crippen LogP contribution in [0.2, 0.25) is 0 Å². The van der Waals surface area contributed by atoms with Crippen LogP contribution in [-0.2, 0) is 6.54 Å². The number of aliphatic imine (C=N–C) groups is 1. The van der Waals surface area contributed by atoms with E-state index in [9.17, 15) is 4.79 Å². The normalized spacial score (nSPS) is 11.0. The molecule has 0 heterocycles. The van der Waals surface area contributed by atoms with Crippen LogP contribution < -0.4 is 11.1 Å². The molecule has 0 radical (unpaired) electrons. The predicted molar refractivity (Wildman–Crippen MR) is 126 cm³/mol. The number of hydrogen-bond acceptors (Lipinski definition) is 2. The van der Waals surface area contributed by atoms with Crippen LogP contribution in [0.4, 0.5) is 0 Å². The zero-order chi connectivity index (χ0) is 19.2. The zero-order valence-corrected chi connectivity index (χ0v) is 19.5. The Bertz CT molecular complexity index is 542. The Morgan fingerprint density at radius 3 is 2.19 bits per heavy atom. The highest BCUT2D eigenvalue weighted by atomic mass is 127. The number of nitrogens with one attached hydrogen (secondary N) is 1. The molecular weight excluding hydrogens is 451 g/mol. The zero-order valence-electron chi connectivity index (χ0n) is 17.2. The highest BCUT2D eigenvalue weighted by Gasteiger charge is 2.11. The molecule has 0 aromatic heterocycles. The molecular formula is C21H37IN4O. The first-order valence-electron chi connectivity index (χ1n) is 10.0. The number of carbonyl (C=O) groups excluding carboxylic acids is 1. The third kappa shape index (κ3) is 10.6. The summed E-state index contributed by atoms with van der Waals surface area (Å²) >= 11 is 0. The number of nitrogens with two attached hydrogens (primary N) is 1. The van der Waals surface area contributed by atoms with Crippen molar-refractivity contribution < 1.29 is 4.79 Å². The van der Waals surface area contributed by atoms with Crippen LogP contribution in [0.3, 0.4) is 0 Å². The number of rotatable bonds is 12. The second-order valence-corrected chi connectivity index (χ2v) is 6.57. The van der Waals surface area contributed by atoms with Crippen LogP contribution in [-0.4, -0.2) is 36.4 Å². The lowest BCUT2D eigenvalue weighted by Crippen LogP contribution is -2.32. The highest BCUT2D eigenvalue weighted by Crippen LogP contribution is 2.09. The minimum Gasteiger partial charge on any atom is -0.370 e. The summed E-state index contributed by atoms with van der Waals surface area (Å²) in [5.74, 6) is 0.562. The van der Waals surface area contributed by atoms with Gasteiger partial charge in [0.1, 0.15) is 0 Å². The molecule has 0 aliphatic rings. The number of hydrogen-bond donors (Lipinski definition) is 2. The molecule has 1 aromatic rings. The molecule has 0 atom stereocenters. The Balaban J connectivity index is 0.00000676. The summed E-state index contributed by atoms with van der Waals surface area (Å²) in [4.78, 5) is 18.5. The second-order valence-electron chi connectivity index (χ2n) is 6.57. The molecule has 27 heavy (non-hydrogen) atoms. The van der Waals surface area contributed by atoms with E-state index in [0.717, 1.165) is 37.2 Å². The predicted octanol–water partition coefficient (Wildman–Crippen LogP) is 4.55. The summed E-state index contributed by atoms with van der Waals surface area (Å²) in [5.41, 5.74) is 7.68. The average molecular weight is 488 g/mol. The van der Waals surface area contributed by atoms with Crippen LogP contribution in [0.5, 0.6) is 0 Å². The van der Waals surface area contributed by atoms with E-state index >= 15 is 0 Å². The summed E-state index contributed by atoms with van der Waals surface area (Å²) in [5, 5.41) is 3.17. The highest BCUT2D eigenvalue weighted by molar-refractivity contribution is 14.0. The molecule has 0 spiro atoms. The first-order valence-corrected chi connectivity index (χ1v) is 10.0. The van der Waals surface area contributed by atoms with Crippen molar-refractivity contribution in [1.82, 2.24) is 10.2 Å². The SMILES string of the molecule is CCCCCCCCNC(N)=NCc1ccc(C(=O)N(CC)CC)cc1.I. The van der Waals surface area contributed by atoms with Gasteiger partial charge in [-0.1, -0.05) is 51.2 Å². The summed E-state index contributed by atoms with van der Waals surface area (Å²) in [6.45, 7) is 9.06. The van der Waals surface area contributed by atoms with Gasteiger partial charge in [-0.05, 0) is 38.0 Å². The number of nitrogens with zero attached hydrogens (tertiary/aromatic N) is 2. The van der Waals surface area contributed by atoms with E-state index in [2.05, 4.69) is 17.2 Å². The fourth-order valence-corrected chi connectivity index (χ4v) is 2.80. The van der Waals surface area contributed by atoms with E-state index in [0.29, 0.717) is 12.5 Å². The third-order valence-corrected chi connectivity index (χ3v) is 4.52. The Labute approximate surface area is 182 Å². The maximum Gasteiger partial charge on any atom is 0.253 e. The molecule has 3 N–H and O–H groups in total. The second kappa shape index (κ2) is 15.7. The van der Waals surface area contributed by atoms with Gasteiger partial charge in [-0.15, -0.1) is 24.0 Å². The van der Waals surface area contributed by atoms with E-state index in [1.165, 1.54) is 32.1 Å². The van der Waals surface area contributed by atoms with Gasteiger partial charge in [0.25, 0.3) is 5.91 Å². The Kier molecular flexibility index (Phi) is 15.0. The van der Waals surface area contributed by atoms with Crippen LogP contribution in [0.1, 0.15) is 75.2 Å². The number of halogens is 1. The minimum atomic E-state index is 0. The number of amides is 1. The van der Waals surface area contributed by atoms with Crippen LogP contribution >= 0.6 is 24.0 Å². The standard InChI is InChI=1S/C21H36N4O.HI/c1-4-7-8-9-10-11-16-23-21(22)24-17-18-12-14-19(15-13-18)20(26)25(5-2)6-3;/h12-15H,4-11,16-17H2,1-3H3,(H3,22,23,24);1H. The molecule has 1 aromatic carbocycles. The van der Waals surface area contributed by atoms with Crippen molar-refractivity contribution in [1.29, 1.82) is 0 Å². The minimum absolute atomic E-state index is 0. The molecule has 0 unspecified atom stereocenters. The van der Waals surface area contributed by atoms with Crippen molar-refractivity contribution in [2.24, 2.45) is 10.7 Å². The molecule has 1 rings (SSSR count). The summed E-state index contributed by atoms with van der Waals surface area (Å²) in [6, 6.07) is 7.62. The van der Waals surface area contributed by atoms with Crippen molar-refractivity contribution >= 4 is 35.8 Å². The van der Waals surface area contributed by atoms with Crippen LogP contribution in [0.15, 0.2) is 29.3 Å². The van der Waals surface area contributed by atoms with Gasteiger partial charge in [-0.25, -0.2) is 4.99 Å². The first kappa shape index (κ1) is 25.7. The molecule has 5 nitrogen and oxygen atoms in total. The van der Waals surface area contributed by atoms with Gasteiger partial charge in [0, 0.05) is 25.2 Å². The van der Waals surface area contributed by atoms with E-state index in [4.69, 9.17) is 5.73 Å². The summed E-state index contributed by atoms with van der Waals surface area (Å²) < 4.78 is 0. The molecule has 154 valence electrons. The third-order valence-electron chi connectivity index (χ3n) is 4.52. The van der Waals surface area contributed by atoms with E-state index in [1.54, 1.807) is 0 Å².